The summed E-state index contributed by atoms with van der Waals surface area (Å²) in [5, 5.41) is 0. The molecule has 0 aromatic heterocycles. The predicted molar refractivity (Wildman–Crippen MR) is 144 cm³/mol. The lowest BCUT2D eigenvalue weighted by Gasteiger charge is -2.38. The van der Waals surface area contributed by atoms with Crippen LogP contribution in [0.4, 0.5) is 0 Å². The Bertz CT molecular complexity index is 789. The van der Waals surface area contributed by atoms with Gasteiger partial charge in [0.2, 0.25) is 0 Å². The van der Waals surface area contributed by atoms with Crippen LogP contribution in [-0.2, 0) is 25.8 Å². The Kier molecular flexibility index (Phi) is 9.78. The van der Waals surface area contributed by atoms with Gasteiger partial charge < -0.3 is 4.74 Å². The summed E-state index contributed by atoms with van der Waals surface area (Å²) in [5.74, 6) is 0.278. The Morgan fingerprint density at radius 2 is 1.33 bits per heavy atom. The Balaban J connectivity index is 3.77. The highest BCUT2D eigenvalue weighted by molar-refractivity contribution is 5.81. The van der Waals surface area contributed by atoms with Crippen LogP contribution in [0.1, 0.15) is 132 Å². The van der Waals surface area contributed by atoms with Crippen molar-refractivity contribution in [1.82, 2.24) is 0 Å². The summed E-state index contributed by atoms with van der Waals surface area (Å²) in [6.45, 7) is 31.0. The molecule has 0 bridgehead atoms. The summed E-state index contributed by atoms with van der Waals surface area (Å²) < 4.78 is 6.86. The van der Waals surface area contributed by atoms with Crippen LogP contribution >= 0.6 is 0 Å². The molecule has 0 saturated carbocycles. The van der Waals surface area contributed by atoms with Gasteiger partial charge in [0.25, 0.3) is 0 Å². The zero-order valence-electron chi connectivity index (χ0n) is 24.1. The lowest BCUT2D eigenvalue weighted by molar-refractivity contribution is -0.131. The van der Waals surface area contributed by atoms with Crippen molar-refractivity contribution in [2.45, 2.75) is 132 Å². The Hall–Kier alpha value is -1.41. The van der Waals surface area contributed by atoms with Gasteiger partial charge in [0.1, 0.15) is 5.78 Å². The third kappa shape index (κ3) is 7.54. The largest absolute Gasteiger partial charge is 0.369 e. The fourth-order valence-corrected chi connectivity index (χ4v) is 4.68. The normalized spacial score (nSPS) is 17.2. The van der Waals surface area contributed by atoms with Crippen LogP contribution in [-0.4, -0.2) is 11.9 Å². The van der Waals surface area contributed by atoms with E-state index in [-0.39, 0.29) is 46.1 Å². The number of ketones is 1. The van der Waals surface area contributed by atoms with E-state index in [2.05, 4.69) is 100 Å². The second kappa shape index (κ2) is 10.9. The Labute approximate surface area is 205 Å². The van der Waals surface area contributed by atoms with Gasteiger partial charge in [-0.25, -0.2) is 0 Å². The molecule has 2 heteroatoms. The summed E-state index contributed by atoms with van der Waals surface area (Å²) in [7, 11) is 0. The van der Waals surface area contributed by atoms with E-state index in [0.717, 1.165) is 0 Å². The molecule has 33 heavy (non-hydrogen) atoms. The van der Waals surface area contributed by atoms with Gasteiger partial charge in [0, 0.05) is 18.3 Å². The quantitative estimate of drug-likeness (QED) is 0.365. The van der Waals surface area contributed by atoms with Crippen molar-refractivity contribution in [2.75, 3.05) is 0 Å². The molecule has 0 radical (unpaired) electrons. The number of hydrogen-bond donors (Lipinski definition) is 0. The lowest BCUT2D eigenvalue weighted by Crippen LogP contribution is -2.35. The highest BCUT2D eigenvalue weighted by Gasteiger charge is 2.35. The average Bonchev–Trinajstić information content (AvgIpc) is 2.67. The monoisotopic (exact) mass is 456 g/mol. The van der Waals surface area contributed by atoms with E-state index in [4.69, 9.17) is 4.74 Å². The summed E-state index contributed by atoms with van der Waals surface area (Å²) >= 11 is 0. The molecule has 4 atom stereocenters. The summed E-state index contributed by atoms with van der Waals surface area (Å²) in [6.07, 6.45) is 4.49. The minimum absolute atomic E-state index is 0.0243. The number of carbonyl (C=O) groups is 1. The van der Waals surface area contributed by atoms with Crippen LogP contribution in [0.5, 0.6) is 0 Å². The van der Waals surface area contributed by atoms with E-state index in [1.165, 1.54) is 22.3 Å². The molecule has 0 heterocycles. The standard InChI is InChI=1S/C31H52O2/c1-15-17-20(3)28(21(4)26(32)16-2)33-22(5)27-24(30(9,10)11)18-23(29(6,7)8)19-25(27)31(12,13)14/h15,17-22,28H,16H2,1-14H3/b17-15+/t20-,21-,22+,28-/m0/s1. The molecule has 0 fully saturated rings. The fraction of sp³-hybridized carbons (Fsp3) is 0.710. The molecule has 0 N–H and O–H groups in total. The lowest BCUT2D eigenvalue weighted by atomic mass is 9.71. The minimum Gasteiger partial charge on any atom is -0.369 e. The second-order valence-corrected chi connectivity index (χ2v) is 13.0. The first-order chi connectivity index (χ1) is 14.9. The smallest absolute Gasteiger partial charge is 0.138 e. The molecule has 1 rings (SSSR count). The van der Waals surface area contributed by atoms with Crippen molar-refractivity contribution in [3.8, 4) is 0 Å². The third-order valence-electron chi connectivity index (χ3n) is 6.79. The summed E-state index contributed by atoms with van der Waals surface area (Å²) in [5.41, 5.74) is 5.36. The van der Waals surface area contributed by atoms with Crippen LogP contribution in [0.15, 0.2) is 24.3 Å². The van der Waals surface area contributed by atoms with Crippen molar-refractivity contribution in [3.05, 3.63) is 46.5 Å². The SMILES string of the molecule is C/C=C/[C@H](C)[C@H](O[C@H](C)c1c(C(C)(C)C)cc(C(C)(C)C)cc1C(C)(C)C)[C@@H](C)C(=O)CC. The van der Waals surface area contributed by atoms with Crippen LogP contribution in [0.3, 0.4) is 0 Å². The molecule has 1 aromatic carbocycles. The molecular weight excluding hydrogens is 404 g/mol. The van der Waals surface area contributed by atoms with Crippen LogP contribution in [0.2, 0.25) is 0 Å². The maximum atomic E-state index is 12.7. The number of carbonyl (C=O) groups excluding carboxylic acids is 1. The molecular formula is C31H52O2. The minimum atomic E-state index is -0.161. The predicted octanol–water partition coefficient (Wildman–Crippen LogP) is 8.85. The van der Waals surface area contributed by atoms with Crippen molar-refractivity contribution in [1.29, 1.82) is 0 Å². The van der Waals surface area contributed by atoms with Crippen LogP contribution in [0.25, 0.3) is 0 Å². The van der Waals surface area contributed by atoms with Gasteiger partial charge in [-0.15, -0.1) is 0 Å². The van der Waals surface area contributed by atoms with Crippen molar-refractivity contribution < 1.29 is 9.53 Å². The zero-order chi connectivity index (χ0) is 25.9. The second-order valence-electron chi connectivity index (χ2n) is 13.0. The van der Waals surface area contributed by atoms with E-state index in [1.807, 2.05) is 20.8 Å². The number of allylic oxidation sites excluding steroid dienone is 1. The molecule has 0 spiro atoms. The number of ether oxygens (including phenoxy) is 1. The molecule has 1 aromatic rings. The maximum Gasteiger partial charge on any atom is 0.138 e. The summed E-state index contributed by atoms with van der Waals surface area (Å²) in [6, 6.07) is 4.80. The van der Waals surface area contributed by atoms with Gasteiger partial charge in [-0.2, -0.15) is 0 Å². The van der Waals surface area contributed by atoms with Gasteiger partial charge in [0.15, 0.2) is 0 Å². The average molecular weight is 457 g/mol. The molecule has 0 aliphatic carbocycles. The highest BCUT2D eigenvalue weighted by Crippen LogP contribution is 2.42. The first-order valence-corrected chi connectivity index (χ1v) is 12.9. The highest BCUT2D eigenvalue weighted by atomic mass is 16.5. The molecule has 0 saturated heterocycles. The number of rotatable bonds is 8. The number of benzene rings is 1. The number of Topliss-reactive ketones (excluding diaryl/α,β-unsaturated/α-hetero) is 1. The van der Waals surface area contributed by atoms with E-state index < -0.39 is 0 Å². The fourth-order valence-electron chi connectivity index (χ4n) is 4.68. The Morgan fingerprint density at radius 1 is 0.879 bits per heavy atom. The summed E-state index contributed by atoms with van der Waals surface area (Å²) in [4.78, 5) is 12.7. The van der Waals surface area contributed by atoms with Crippen molar-refractivity contribution in [3.63, 3.8) is 0 Å². The Morgan fingerprint density at radius 3 is 1.67 bits per heavy atom. The zero-order valence-corrected chi connectivity index (χ0v) is 24.1. The molecule has 0 aliphatic rings. The van der Waals surface area contributed by atoms with E-state index >= 15 is 0 Å². The van der Waals surface area contributed by atoms with Gasteiger partial charge in [-0.1, -0.05) is 107 Å². The van der Waals surface area contributed by atoms with Gasteiger partial charge in [-0.05, 0) is 52.3 Å². The van der Waals surface area contributed by atoms with E-state index in [0.29, 0.717) is 6.42 Å². The third-order valence-corrected chi connectivity index (χ3v) is 6.79. The first kappa shape index (κ1) is 29.6. The van der Waals surface area contributed by atoms with Crippen molar-refractivity contribution >= 4 is 5.78 Å². The van der Waals surface area contributed by atoms with Crippen LogP contribution < -0.4 is 0 Å². The molecule has 188 valence electrons. The number of hydrogen-bond acceptors (Lipinski definition) is 2. The topological polar surface area (TPSA) is 26.3 Å². The van der Waals surface area contributed by atoms with E-state index in [1.54, 1.807) is 0 Å². The van der Waals surface area contributed by atoms with E-state index in [9.17, 15) is 4.79 Å². The molecule has 0 aliphatic heterocycles. The molecule has 2 nitrogen and oxygen atoms in total. The van der Waals surface area contributed by atoms with Gasteiger partial charge >= 0.3 is 0 Å². The molecule has 0 unspecified atom stereocenters. The van der Waals surface area contributed by atoms with Gasteiger partial charge in [0.05, 0.1) is 12.2 Å². The van der Waals surface area contributed by atoms with Crippen LogP contribution in [0, 0.1) is 11.8 Å². The van der Waals surface area contributed by atoms with Gasteiger partial charge in [-0.3, -0.25) is 4.79 Å². The first-order valence-electron chi connectivity index (χ1n) is 12.9. The van der Waals surface area contributed by atoms with Crippen molar-refractivity contribution in [2.24, 2.45) is 11.8 Å². The molecule has 0 amide bonds. The maximum absolute atomic E-state index is 12.7.